The molecule has 138 valence electrons. The van der Waals surface area contributed by atoms with Crippen LogP contribution >= 0.6 is 34.8 Å². The molecule has 1 amide bonds. The highest BCUT2D eigenvalue weighted by Crippen LogP contribution is 2.26. The Kier molecular flexibility index (Phi) is 6.30. The summed E-state index contributed by atoms with van der Waals surface area (Å²) in [5.41, 5.74) is 1.69. The van der Waals surface area contributed by atoms with Crippen LogP contribution in [0, 0.1) is 0 Å². The van der Waals surface area contributed by atoms with E-state index in [1.54, 1.807) is 18.2 Å². The lowest BCUT2D eigenvalue weighted by Gasteiger charge is -2.38. The molecule has 26 heavy (non-hydrogen) atoms. The molecule has 1 fully saturated rings. The zero-order valence-corrected chi connectivity index (χ0v) is 16.7. The van der Waals surface area contributed by atoms with Crippen molar-refractivity contribution in [2.45, 2.75) is 13.0 Å². The number of hydrogen-bond acceptors (Lipinski definition) is 3. The van der Waals surface area contributed by atoms with Crippen molar-refractivity contribution < 1.29 is 4.79 Å². The van der Waals surface area contributed by atoms with Gasteiger partial charge in [-0.05, 0) is 43.3 Å². The zero-order chi connectivity index (χ0) is 18.7. The minimum Gasteiger partial charge on any atom is -0.369 e. The predicted molar refractivity (Wildman–Crippen MR) is 110 cm³/mol. The smallest absolute Gasteiger partial charge is 0.241 e. The predicted octanol–water partition coefficient (Wildman–Crippen LogP) is 4.80. The zero-order valence-electron chi connectivity index (χ0n) is 14.4. The van der Waals surface area contributed by atoms with Gasteiger partial charge < -0.3 is 10.2 Å². The van der Waals surface area contributed by atoms with Crippen LogP contribution in [-0.2, 0) is 4.79 Å². The maximum atomic E-state index is 12.6. The molecule has 0 spiro atoms. The van der Waals surface area contributed by atoms with E-state index in [2.05, 4.69) is 21.2 Å². The van der Waals surface area contributed by atoms with E-state index >= 15 is 0 Å². The first-order valence-electron chi connectivity index (χ1n) is 8.44. The Hall–Kier alpha value is -1.46. The van der Waals surface area contributed by atoms with Gasteiger partial charge in [-0.3, -0.25) is 9.69 Å². The third kappa shape index (κ3) is 4.63. The average Bonchev–Trinajstić information content (AvgIpc) is 2.63. The molecule has 1 saturated heterocycles. The van der Waals surface area contributed by atoms with Gasteiger partial charge >= 0.3 is 0 Å². The number of carbonyl (C=O) groups excluding carboxylic acids is 1. The molecule has 2 aromatic carbocycles. The Morgan fingerprint density at radius 3 is 2.35 bits per heavy atom. The highest BCUT2D eigenvalue weighted by atomic mass is 35.5. The van der Waals surface area contributed by atoms with Crippen LogP contribution in [-0.4, -0.2) is 43.0 Å². The first-order valence-corrected chi connectivity index (χ1v) is 9.58. The molecule has 2 aromatic rings. The lowest BCUT2D eigenvalue weighted by Crippen LogP contribution is -2.52. The summed E-state index contributed by atoms with van der Waals surface area (Å²) in [5.74, 6) is -0.0783. The Bertz CT molecular complexity index is 791. The summed E-state index contributed by atoms with van der Waals surface area (Å²) in [6.07, 6.45) is 0. The summed E-state index contributed by atoms with van der Waals surface area (Å²) in [6, 6.07) is 12.6. The van der Waals surface area contributed by atoms with Crippen LogP contribution in [0.2, 0.25) is 15.1 Å². The third-order valence-corrected chi connectivity index (χ3v) is 5.39. The molecule has 0 saturated carbocycles. The summed E-state index contributed by atoms with van der Waals surface area (Å²) < 4.78 is 0. The van der Waals surface area contributed by atoms with Crippen molar-refractivity contribution in [3.05, 3.63) is 57.5 Å². The topological polar surface area (TPSA) is 35.6 Å². The van der Waals surface area contributed by atoms with Gasteiger partial charge in [-0.25, -0.2) is 0 Å². The van der Waals surface area contributed by atoms with Crippen molar-refractivity contribution in [2.24, 2.45) is 0 Å². The van der Waals surface area contributed by atoms with Gasteiger partial charge in [0.1, 0.15) is 0 Å². The molecule has 1 N–H and O–H groups in total. The average molecular weight is 413 g/mol. The summed E-state index contributed by atoms with van der Waals surface area (Å²) in [5, 5.41) is 4.59. The number of nitrogens with one attached hydrogen (secondary N) is 1. The van der Waals surface area contributed by atoms with Gasteiger partial charge in [0.15, 0.2) is 0 Å². The third-order valence-electron chi connectivity index (χ3n) is 4.60. The minimum atomic E-state index is -0.247. The Labute approximate surface area is 168 Å². The molecule has 4 nitrogen and oxygen atoms in total. The largest absolute Gasteiger partial charge is 0.369 e. The number of carbonyl (C=O) groups is 1. The molecular weight excluding hydrogens is 393 g/mol. The van der Waals surface area contributed by atoms with E-state index < -0.39 is 0 Å². The Morgan fingerprint density at radius 2 is 1.69 bits per heavy atom. The maximum absolute atomic E-state index is 12.6. The SMILES string of the molecule is CC(C(=O)Nc1ccc(Cl)cc1Cl)N1CCN(c2cccc(Cl)c2)CC1. The molecule has 1 heterocycles. The molecule has 7 heteroatoms. The number of rotatable bonds is 4. The summed E-state index contributed by atoms with van der Waals surface area (Å²) in [6.45, 7) is 5.21. The molecule has 1 aliphatic heterocycles. The highest BCUT2D eigenvalue weighted by Gasteiger charge is 2.26. The highest BCUT2D eigenvalue weighted by molar-refractivity contribution is 6.36. The lowest BCUT2D eigenvalue weighted by atomic mass is 10.2. The van der Waals surface area contributed by atoms with Crippen LogP contribution in [0.5, 0.6) is 0 Å². The number of piperazine rings is 1. The van der Waals surface area contributed by atoms with Crippen LogP contribution < -0.4 is 10.2 Å². The molecule has 0 aliphatic carbocycles. The minimum absolute atomic E-state index is 0.0783. The van der Waals surface area contributed by atoms with Gasteiger partial charge in [0.05, 0.1) is 16.8 Å². The normalized spacial score (nSPS) is 16.4. The second-order valence-corrected chi connectivity index (χ2v) is 7.57. The van der Waals surface area contributed by atoms with E-state index in [9.17, 15) is 4.79 Å². The second kappa shape index (κ2) is 8.49. The van der Waals surface area contributed by atoms with E-state index in [-0.39, 0.29) is 11.9 Å². The standard InChI is InChI=1S/C19H20Cl3N3O/c1-13(19(26)23-18-6-5-15(21)12-17(18)22)24-7-9-25(10-8-24)16-4-2-3-14(20)11-16/h2-6,11-13H,7-10H2,1H3,(H,23,26). The Balaban J connectivity index is 1.57. The molecule has 3 rings (SSSR count). The fourth-order valence-electron chi connectivity index (χ4n) is 3.03. The van der Waals surface area contributed by atoms with Crippen LogP contribution in [0.15, 0.2) is 42.5 Å². The van der Waals surface area contributed by atoms with Crippen molar-refractivity contribution >= 4 is 52.1 Å². The van der Waals surface area contributed by atoms with Gasteiger partial charge in [-0.1, -0.05) is 40.9 Å². The number of hydrogen-bond donors (Lipinski definition) is 1. The molecule has 0 aromatic heterocycles. The van der Waals surface area contributed by atoms with Crippen molar-refractivity contribution in [1.29, 1.82) is 0 Å². The van der Waals surface area contributed by atoms with Gasteiger partial charge in [0, 0.05) is 41.9 Å². The van der Waals surface area contributed by atoms with E-state index in [1.165, 1.54) is 0 Å². The van der Waals surface area contributed by atoms with Crippen molar-refractivity contribution in [1.82, 2.24) is 4.90 Å². The summed E-state index contributed by atoms with van der Waals surface area (Å²) in [4.78, 5) is 17.0. The number of amides is 1. The van der Waals surface area contributed by atoms with E-state index in [0.29, 0.717) is 15.7 Å². The van der Waals surface area contributed by atoms with Crippen LogP contribution in [0.4, 0.5) is 11.4 Å². The summed E-state index contributed by atoms with van der Waals surface area (Å²) >= 11 is 18.1. The van der Waals surface area contributed by atoms with E-state index in [4.69, 9.17) is 34.8 Å². The fourth-order valence-corrected chi connectivity index (χ4v) is 3.67. The van der Waals surface area contributed by atoms with Crippen LogP contribution in [0.25, 0.3) is 0 Å². The van der Waals surface area contributed by atoms with E-state index in [1.807, 2.05) is 25.1 Å². The van der Waals surface area contributed by atoms with Crippen molar-refractivity contribution in [3.8, 4) is 0 Å². The molecule has 1 atom stereocenters. The van der Waals surface area contributed by atoms with Gasteiger partial charge in [-0.2, -0.15) is 0 Å². The molecule has 0 radical (unpaired) electrons. The maximum Gasteiger partial charge on any atom is 0.241 e. The quantitative estimate of drug-likeness (QED) is 0.784. The first kappa shape index (κ1) is 19.3. The van der Waals surface area contributed by atoms with Gasteiger partial charge in [0.2, 0.25) is 5.91 Å². The molecule has 1 unspecified atom stereocenters. The number of anilines is 2. The second-order valence-electron chi connectivity index (χ2n) is 6.29. The fraction of sp³-hybridized carbons (Fsp3) is 0.316. The first-order chi connectivity index (χ1) is 12.4. The number of halogens is 3. The number of nitrogens with zero attached hydrogens (tertiary/aromatic N) is 2. The van der Waals surface area contributed by atoms with Crippen molar-refractivity contribution in [2.75, 3.05) is 36.4 Å². The molecular formula is C19H20Cl3N3O. The van der Waals surface area contributed by atoms with Crippen LogP contribution in [0.3, 0.4) is 0 Å². The monoisotopic (exact) mass is 411 g/mol. The Morgan fingerprint density at radius 1 is 1.00 bits per heavy atom. The van der Waals surface area contributed by atoms with E-state index in [0.717, 1.165) is 36.9 Å². The van der Waals surface area contributed by atoms with Gasteiger partial charge in [-0.15, -0.1) is 0 Å². The van der Waals surface area contributed by atoms with Crippen molar-refractivity contribution in [3.63, 3.8) is 0 Å². The molecule has 0 bridgehead atoms. The van der Waals surface area contributed by atoms with Crippen LogP contribution in [0.1, 0.15) is 6.92 Å². The molecule has 1 aliphatic rings. The lowest BCUT2D eigenvalue weighted by molar-refractivity contribution is -0.120. The van der Waals surface area contributed by atoms with Gasteiger partial charge in [0.25, 0.3) is 0 Å². The summed E-state index contributed by atoms with van der Waals surface area (Å²) in [7, 11) is 0. The number of benzene rings is 2.